The Kier molecular flexibility index (Phi) is 9.56. The van der Waals surface area contributed by atoms with Crippen LogP contribution in [0.15, 0.2) is 39.4 Å². The van der Waals surface area contributed by atoms with Crippen molar-refractivity contribution in [3.63, 3.8) is 0 Å². The van der Waals surface area contributed by atoms with Gasteiger partial charge in [-0.15, -0.1) is 5.10 Å². The van der Waals surface area contributed by atoms with Gasteiger partial charge in [0.05, 0.1) is 24.8 Å². The molecule has 0 spiro atoms. The summed E-state index contributed by atoms with van der Waals surface area (Å²) in [5.74, 6) is -0.120. The van der Waals surface area contributed by atoms with Crippen LogP contribution in [0.1, 0.15) is 38.3 Å². The lowest BCUT2D eigenvalue weighted by Crippen LogP contribution is -2.22. The van der Waals surface area contributed by atoms with Crippen LogP contribution in [0.5, 0.6) is 5.75 Å². The molecule has 0 aromatic heterocycles. The predicted octanol–water partition coefficient (Wildman–Crippen LogP) is 2.93. The first-order valence-corrected chi connectivity index (χ1v) is 10.7. The molecule has 162 valence electrons. The summed E-state index contributed by atoms with van der Waals surface area (Å²) in [7, 11) is 1.25. The number of hydrogen-bond acceptors (Lipinski definition) is 8. The normalized spacial score (nSPS) is 16.6. The number of hydrogen-bond donors (Lipinski definition) is 1. The van der Waals surface area contributed by atoms with Crippen LogP contribution in [0, 0.1) is 0 Å². The highest BCUT2D eigenvalue weighted by Crippen LogP contribution is 2.24. The van der Waals surface area contributed by atoms with Crippen LogP contribution >= 0.6 is 11.8 Å². The molecular formula is C21H28N4O4S. The van der Waals surface area contributed by atoms with Crippen LogP contribution < -0.4 is 10.1 Å². The number of nitrogens with one attached hydrogen (secondary N) is 1. The van der Waals surface area contributed by atoms with Crippen LogP contribution in [-0.4, -0.2) is 55.0 Å². The highest BCUT2D eigenvalue weighted by atomic mass is 32.2. The van der Waals surface area contributed by atoms with Gasteiger partial charge in [0.15, 0.2) is 5.17 Å². The molecule has 0 saturated carbocycles. The average molecular weight is 433 g/mol. The van der Waals surface area contributed by atoms with E-state index in [1.807, 2.05) is 18.2 Å². The Bertz CT molecular complexity index is 847. The van der Waals surface area contributed by atoms with Crippen molar-refractivity contribution in [1.29, 1.82) is 0 Å². The van der Waals surface area contributed by atoms with Gasteiger partial charge in [-0.3, -0.25) is 15.0 Å². The van der Waals surface area contributed by atoms with E-state index in [2.05, 4.69) is 45.9 Å². The van der Waals surface area contributed by atoms with Gasteiger partial charge in [-0.1, -0.05) is 20.8 Å². The van der Waals surface area contributed by atoms with Crippen molar-refractivity contribution < 1.29 is 19.1 Å². The van der Waals surface area contributed by atoms with Gasteiger partial charge in [0.2, 0.25) is 0 Å². The van der Waals surface area contributed by atoms with Crippen molar-refractivity contribution in [2.24, 2.45) is 10.2 Å². The molecule has 0 aliphatic carbocycles. The molecule has 0 atom stereocenters. The van der Waals surface area contributed by atoms with Gasteiger partial charge in [0, 0.05) is 18.2 Å². The van der Waals surface area contributed by atoms with Gasteiger partial charge in [0.1, 0.15) is 5.75 Å². The number of carbonyl (C=O) groups excluding carboxylic acids is 2. The molecule has 1 heterocycles. The SMILES string of the molecule is CCCOc1ccc(C=N/N=C2/NC(=O)/C(=C\C(=O)OC)S2)cc1CN(CC)CC. The molecule has 9 heteroatoms. The van der Waals surface area contributed by atoms with Crippen LogP contribution in [0.4, 0.5) is 0 Å². The molecule has 1 aromatic carbocycles. The average Bonchev–Trinajstić information content (AvgIpc) is 3.09. The summed E-state index contributed by atoms with van der Waals surface area (Å²) < 4.78 is 10.4. The number of carbonyl (C=O) groups is 2. The molecule has 1 amide bonds. The largest absolute Gasteiger partial charge is 0.493 e. The highest BCUT2D eigenvalue weighted by Gasteiger charge is 2.25. The third kappa shape index (κ3) is 7.00. The zero-order valence-electron chi connectivity index (χ0n) is 17.8. The molecule has 1 aliphatic rings. The number of esters is 1. The summed E-state index contributed by atoms with van der Waals surface area (Å²) in [6.07, 6.45) is 3.69. The Morgan fingerprint density at radius 2 is 2.03 bits per heavy atom. The summed E-state index contributed by atoms with van der Waals surface area (Å²) in [5, 5.41) is 11.0. The maximum absolute atomic E-state index is 11.8. The maximum Gasteiger partial charge on any atom is 0.331 e. The minimum Gasteiger partial charge on any atom is -0.493 e. The van der Waals surface area contributed by atoms with E-state index >= 15 is 0 Å². The van der Waals surface area contributed by atoms with Crippen LogP contribution in [0.2, 0.25) is 0 Å². The van der Waals surface area contributed by atoms with E-state index in [0.717, 1.165) is 60.8 Å². The van der Waals surface area contributed by atoms with E-state index in [1.165, 1.54) is 7.11 Å². The van der Waals surface area contributed by atoms with Crippen molar-refractivity contribution >= 4 is 35.0 Å². The monoisotopic (exact) mass is 432 g/mol. The van der Waals surface area contributed by atoms with E-state index in [4.69, 9.17) is 4.74 Å². The molecule has 1 fully saturated rings. The molecule has 0 radical (unpaired) electrons. The van der Waals surface area contributed by atoms with E-state index in [9.17, 15) is 9.59 Å². The summed E-state index contributed by atoms with van der Waals surface area (Å²) >= 11 is 1.04. The summed E-state index contributed by atoms with van der Waals surface area (Å²) in [6, 6.07) is 5.91. The van der Waals surface area contributed by atoms with Gasteiger partial charge in [-0.25, -0.2) is 4.79 Å². The molecule has 8 nitrogen and oxygen atoms in total. The first-order chi connectivity index (χ1) is 14.5. The standard InChI is InChI=1S/C21H28N4O4S/c1-5-10-29-17-9-8-15(11-16(17)14-25(6-2)7-3)13-22-24-21-23-20(27)18(30-21)12-19(26)28-4/h8-9,11-13H,5-7,10,14H2,1-4H3,(H,23,24,27)/b18-12+,22-13?. The minimum atomic E-state index is -0.594. The molecule has 30 heavy (non-hydrogen) atoms. The van der Waals surface area contributed by atoms with E-state index in [1.54, 1.807) is 6.21 Å². The van der Waals surface area contributed by atoms with Gasteiger partial charge in [0.25, 0.3) is 5.91 Å². The molecule has 2 rings (SSSR count). The number of rotatable bonds is 10. The Labute approximate surface area is 181 Å². The minimum absolute atomic E-state index is 0.217. The summed E-state index contributed by atoms with van der Waals surface area (Å²) in [4.78, 5) is 25.7. The Hall–Kier alpha value is -2.65. The second-order valence-corrected chi connectivity index (χ2v) is 7.45. The number of amides is 1. The Morgan fingerprint density at radius 3 is 2.70 bits per heavy atom. The molecule has 1 saturated heterocycles. The van der Waals surface area contributed by atoms with Crippen molar-refractivity contribution in [1.82, 2.24) is 10.2 Å². The smallest absolute Gasteiger partial charge is 0.331 e. The first-order valence-electron chi connectivity index (χ1n) is 9.88. The fourth-order valence-corrected chi connectivity index (χ4v) is 3.37. The summed E-state index contributed by atoms with van der Waals surface area (Å²) in [5.41, 5.74) is 1.97. The third-order valence-electron chi connectivity index (χ3n) is 4.29. The van der Waals surface area contributed by atoms with Gasteiger partial charge < -0.3 is 9.47 Å². The fraction of sp³-hybridized carbons (Fsp3) is 0.429. The molecule has 1 N–H and O–H groups in total. The van der Waals surface area contributed by atoms with Crippen molar-refractivity contribution in [2.45, 2.75) is 33.7 Å². The van der Waals surface area contributed by atoms with Gasteiger partial charge >= 0.3 is 5.97 Å². The molecule has 0 bridgehead atoms. The molecule has 0 unspecified atom stereocenters. The fourth-order valence-electron chi connectivity index (χ4n) is 2.63. The predicted molar refractivity (Wildman–Crippen MR) is 120 cm³/mol. The van der Waals surface area contributed by atoms with E-state index in [0.29, 0.717) is 11.8 Å². The number of amidine groups is 1. The Morgan fingerprint density at radius 1 is 1.27 bits per heavy atom. The topological polar surface area (TPSA) is 92.6 Å². The van der Waals surface area contributed by atoms with E-state index < -0.39 is 11.9 Å². The van der Waals surface area contributed by atoms with Crippen molar-refractivity contribution in [2.75, 3.05) is 26.8 Å². The zero-order chi connectivity index (χ0) is 21.9. The number of ether oxygens (including phenoxy) is 2. The maximum atomic E-state index is 11.8. The number of benzene rings is 1. The summed E-state index contributed by atoms with van der Waals surface area (Å²) in [6.45, 7) is 9.71. The number of methoxy groups -OCH3 is 1. The van der Waals surface area contributed by atoms with Gasteiger partial charge in [-0.05, 0) is 55.0 Å². The highest BCUT2D eigenvalue weighted by molar-refractivity contribution is 8.18. The third-order valence-corrected chi connectivity index (χ3v) is 5.19. The molecule has 1 aromatic rings. The number of nitrogens with zero attached hydrogens (tertiary/aromatic N) is 3. The lowest BCUT2D eigenvalue weighted by atomic mass is 10.1. The number of thioether (sulfide) groups is 1. The first kappa shape index (κ1) is 23.6. The van der Waals surface area contributed by atoms with Crippen LogP contribution in [0.25, 0.3) is 0 Å². The van der Waals surface area contributed by atoms with Crippen LogP contribution in [0.3, 0.4) is 0 Å². The Balaban J connectivity index is 2.14. The molecule has 1 aliphatic heterocycles. The quantitative estimate of drug-likeness (QED) is 0.264. The van der Waals surface area contributed by atoms with Crippen LogP contribution in [-0.2, 0) is 20.9 Å². The second-order valence-electron chi connectivity index (χ2n) is 6.41. The van der Waals surface area contributed by atoms with Crippen molar-refractivity contribution in [3.8, 4) is 5.75 Å². The van der Waals surface area contributed by atoms with Gasteiger partial charge in [-0.2, -0.15) is 5.10 Å². The molecular weight excluding hydrogens is 404 g/mol. The van der Waals surface area contributed by atoms with E-state index in [-0.39, 0.29) is 4.91 Å². The second kappa shape index (κ2) is 12.1. The lowest BCUT2D eigenvalue weighted by Gasteiger charge is -2.20. The zero-order valence-corrected chi connectivity index (χ0v) is 18.6. The lowest BCUT2D eigenvalue weighted by molar-refractivity contribution is -0.135. The van der Waals surface area contributed by atoms with Crippen molar-refractivity contribution in [3.05, 3.63) is 40.3 Å².